The van der Waals surface area contributed by atoms with E-state index in [1.165, 1.54) is 4.88 Å². The first-order valence-corrected chi connectivity index (χ1v) is 8.13. The Bertz CT molecular complexity index is 640. The quantitative estimate of drug-likeness (QED) is 0.634. The molecule has 0 saturated heterocycles. The third kappa shape index (κ3) is 4.82. The summed E-state index contributed by atoms with van der Waals surface area (Å²) in [5.74, 6) is 0.515. The van der Waals surface area contributed by atoms with Gasteiger partial charge < -0.3 is 10.6 Å². The van der Waals surface area contributed by atoms with Crippen molar-refractivity contribution >= 4 is 33.2 Å². The highest BCUT2D eigenvalue weighted by atomic mass is 79.9. The van der Waals surface area contributed by atoms with Crippen molar-refractivity contribution in [3.63, 3.8) is 0 Å². The maximum atomic E-state index is 13.5. The average Bonchev–Trinajstić information content (AvgIpc) is 2.88. The van der Waals surface area contributed by atoms with Gasteiger partial charge >= 0.3 is 0 Å². The van der Waals surface area contributed by atoms with Gasteiger partial charge in [0, 0.05) is 18.5 Å². The molecule has 0 amide bonds. The SMILES string of the molecule is CN=C(NCc1ccc(C)c(F)c1)NCc1ccc(Br)s1. The summed E-state index contributed by atoms with van der Waals surface area (Å²) in [7, 11) is 1.72. The zero-order chi connectivity index (χ0) is 15.2. The minimum absolute atomic E-state index is 0.180. The number of rotatable bonds is 4. The Morgan fingerprint density at radius 3 is 2.62 bits per heavy atom. The van der Waals surface area contributed by atoms with Gasteiger partial charge in [0.25, 0.3) is 0 Å². The summed E-state index contributed by atoms with van der Waals surface area (Å²) in [6.07, 6.45) is 0. The van der Waals surface area contributed by atoms with Gasteiger partial charge in [-0.05, 0) is 52.2 Å². The van der Waals surface area contributed by atoms with Gasteiger partial charge in [0.05, 0.1) is 10.3 Å². The molecule has 1 aromatic heterocycles. The Hall–Kier alpha value is -1.40. The summed E-state index contributed by atoms with van der Waals surface area (Å²) in [6, 6.07) is 9.32. The number of hydrogen-bond donors (Lipinski definition) is 2. The van der Waals surface area contributed by atoms with Crippen molar-refractivity contribution in [2.75, 3.05) is 7.05 Å². The van der Waals surface area contributed by atoms with Crippen molar-refractivity contribution in [1.82, 2.24) is 10.6 Å². The summed E-state index contributed by atoms with van der Waals surface area (Å²) < 4.78 is 14.6. The average molecular weight is 370 g/mol. The molecule has 0 bridgehead atoms. The minimum Gasteiger partial charge on any atom is -0.352 e. The van der Waals surface area contributed by atoms with Crippen LogP contribution in [0.4, 0.5) is 4.39 Å². The third-order valence-corrected chi connectivity index (χ3v) is 4.60. The molecule has 3 nitrogen and oxygen atoms in total. The molecular weight excluding hydrogens is 353 g/mol. The number of nitrogens with one attached hydrogen (secondary N) is 2. The van der Waals surface area contributed by atoms with Gasteiger partial charge in [-0.25, -0.2) is 4.39 Å². The fourth-order valence-corrected chi connectivity index (χ4v) is 3.19. The first-order valence-electron chi connectivity index (χ1n) is 6.52. The molecule has 1 aromatic carbocycles. The van der Waals surface area contributed by atoms with Crippen molar-refractivity contribution in [2.45, 2.75) is 20.0 Å². The van der Waals surface area contributed by atoms with E-state index in [1.807, 2.05) is 12.1 Å². The van der Waals surface area contributed by atoms with E-state index in [2.05, 4.69) is 37.6 Å². The largest absolute Gasteiger partial charge is 0.352 e. The van der Waals surface area contributed by atoms with Gasteiger partial charge in [-0.2, -0.15) is 0 Å². The van der Waals surface area contributed by atoms with Gasteiger partial charge in [-0.1, -0.05) is 12.1 Å². The lowest BCUT2D eigenvalue weighted by Crippen LogP contribution is -2.36. The van der Waals surface area contributed by atoms with Crippen LogP contribution in [0.3, 0.4) is 0 Å². The van der Waals surface area contributed by atoms with E-state index in [4.69, 9.17) is 0 Å². The maximum Gasteiger partial charge on any atom is 0.191 e. The van der Waals surface area contributed by atoms with E-state index >= 15 is 0 Å². The Morgan fingerprint density at radius 2 is 2.00 bits per heavy atom. The van der Waals surface area contributed by atoms with Gasteiger partial charge in [-0.3, -0.25) is 4.99 Å². The van der Waals surface area contributed by atoms with Gasteiger partial charge in [0.15, 0.2) is 5.96 Å². The van der Waals surface area contributed by atoms with Crippen LogP contribution in [0.15, 0.2) is 39.1 Å². The lowest BCUT2D eigenvalue weighted by Gasteiger charge is -2.11. The summed E-state index contributed by atoms with van der Waals surface area (Å²) in [6.45, 7) is 3.00. The molecular formula is C15H17BrFN3S. The Balaban J connectivity index is 1.86. The number of hydrogen-bond acceptors (Lipinski definition) is 2. The molecule has 112 valence electrons. The smallest absolute Gasteiger partial charge is 0.191 e. The molecule has 0 unspecified atom stereocenters. The van der Waals surface area contributed by atoms with Crippen molar-refractivity contribution in [3.05, 3.63) is 55.9 Å². The molecule has 0 atom stereocenters. The molecule has 0 aliphatic carbocycles. The third-order valence-electron chi connectivity index (χ3n) is 2.98. The monoisotopic (exact) mass is 369 g/mol. The Morgan fingerprint density at radius 1 is 1.24 bits per heavy atom. The first kappa shape index (κ1) is 16.0. The molecule has 6 heteroatoms. The number of benzene rings is 1. The highest BCUT2D eigenvalue weighted by molar-refractivity contribution is 9.11. The fraction of sp³-hybridized carbons (Fsp3) is 0.267. The zero-order valence-corrected chi connectivity index (χ0v) is 14.3. The normalized spacial score (nSPS) is 11.5. The van der Waals surface area contributed by atoms with E-state index in [-0.39, 0.29) is 5.82 Å². The highest BCUT2D eigenvalue weighted by Gasteiger charge is 2.03. The molecule has 2 N–H and O–H groups in total. The molecule has 21 heavy (non-hydrogen) atoms. The standard InChI is InChI=1S/C15H17BrFN3S/c1-10-3-4-11(7-13(10)17)8-19-15(18-2)20-9-12-5-6-14(16)21-12/h3-7H,8-9H2,1-2H3,(H2,18,19,20). The van der Waals surface area contributed by atoms with E-state index in [1.54, 1.807) is 37.4 Å². The highest BCUT2D eigenvalue weighted by Crippen LogP contribution is 2.21. The number of thiophene rings is 1. The van der Waals surface area contributed by atoms with E-state index < -0.39 is 0 Å². The van der Waals surface area contributed by atoms with Crippen LogP contribution in [0.5, 0.6) is 0 Å². The van der Waals surface area contributed by atoms with Crippen LogP contribution in [-0.2, 0) is 13.1 Å². The van der Waals surface area contributed by atoms with E-state index in [0.29, 0.717) is 24.6 Å². The fourth-order valence-electron chi connectivity index (χ4n) is 1.77. The van der Waals surface area contributed by atoms with Crippen molar-refractivity contribution in [3.8, 4) is 0 Å². The number of halogens is 2. The predicted molar refractivity (Wildman–Crippen MR) is 90.2 cm³/mol. The second-order valence-corrected chi connectivity index (χ2v) is 7.12. The summed E-state index contributed by atoms with van der Waals surface area (Å²) >= 11 is 5.12. The summed E-state index contributed by atoms with van der Waals surface area (Å²) in [5, 5.41) is 6.40. The maximum absolute atomic E-state index is 13.5. The second kappa shape index (κ2) is 7.56. The molecule has 0 spiro atoms. The number of nitrogens with zero attached hydrogens (tertiary/aromatic N) is 1. The van der Waals surface area contributed by atoms with Crippen molar-refractivity contribution in [2.24, 2.45) is 4.99 Å². The first-order chi connectivity index (χ1) is 10.1. The number of aliphatic imine (C=N–C) groups is 1. The molecule has 2 rings (SSSR count). The lowest BCUT2D eigenvalue weighted by molar-refractivity contribution is 0.615. The van der Waals surface area contributed by atoms with Gasteiger partial charge in [0.1, 0.15) is 5.82 Å². The van der Waals surface area contributed by atoms with Crippen LogP contribution in [0.2, 0.25) is 0 Å². The van der Waals surface area contributed by atoms with Crippen LogP contribution in [-0.4, -0.2) is 13.0 Å². The van der Waals surface area contributed by atoms with Crippen molar-refractivity contribution < 1.29 is 4.39 Å². The van der Waals surface area contributed by atoms with Crippen LogP contribution in [0, 0.1) is 12.7 Å². The Labute approximate surface area is 136 Å². The molecule has 0 fully saturated rings. The molecule has 2 aromatic rings. The van der Waals surface area contributed by atoms with Crippen molar-refractivity contribution in [1.29, 1.82) is 0 Å². The van der Waals surface area contributed by atoms with Crippen LogP contribution in [0.1, 0.15) is 16.0 Å². The molecule has 0 aliphatic heterocycles. The second-order valence-electron chi connectivity index (χ2n) is 4.57. The van der Waals surface area contributed by atoms with E-state index in [0.717, 1.165) is 9.35 Å². The zero-order valence-electron chi connectivity index (χ0n) is 11.9. The van der Waals surface area contributed by atoms with E-state index in [9.17, 15) is 4.39 Å². The minimum atomic E-state index is -0.180. The predicted octanol–water partition coefficient (Wildman–Crippen LogP) is 3.82. The number of guanidine groups is 1. The topological polar surface area (TPSA) is 36.4 Å². The molecule has 1 heterocycles. The lowest BCUT2D eigenvalue weighted by atomic mass is 10.1. The van der Waals surface area contributed by atoms with Crippen LogP contribution < -0.4 is 10.6 Å². The molecule has 0 saturated carbocycles. The van der Waals surface area contributed by atoms with Gasteiger partial charge in [-0.15, -0.1) is 11.3 Å². The van der Waals surface area contributed by atoms with Crippen LogP contribution in [0.25, 0.3) is 0 Å². The molecule has 0 radical (unpaired) electrons. The summed E-state index contributed by atoms with van der Waals surface area (Å²) in [5.41, 5.74) is 1.55. The Kier molecular flexibility index (Phi) is 5.76. The van der Waals surface area contributed by atoms with Gasteiger partial charge in [0.2, 0.25) is 0 Å². The summed E-state index contributed by atoms with van der Waals surface area (Å²) in [4.78, 5) is 5.37. The van der Waals surface area contributed by atoms with Crippen LogP contribution >= 0.6 is 27.3 Å². The number of aryl methyl sites for hydroxylation is 1. The molecule has 0 aliphatic rings.